The molecule has 1 heterocycles. The number of carbonyl (C=O) groups excluding carboxylic acids is 1. The van der Waals surface area contributed by atoms with Crippen LogP contribution in [0.1, 0.15) is 10.4 Å². The first kappa shape index (κ1) is 12.2. The second-order valence-corrected chi connectivity index (χ2v) is 5.64. The molecule has 1 saturated heterocycles. The van der Waals surface area contributed by atoms with E-state index in [-0.39, 0.29) is 4.90 Å². The molecule has 17 heavy (non-hydrogen) atoms. The van der Waals surface area contributed by atoms with Crippen molar-refractivity contribution in [2.24, 2.45) is 0 Å². The van der Waals surface area contributed by atoms with Crippen molar-refractivity contribution in [3.05, 3.63) is 29.8 Å². The van der Waals surface area contributed by atoms with Gasteiger partial charge in [-0.15, -0.1) is 0 Å². The van der Waals surface area contributed by atoms with Gasteiger partial charge in [-0.2, -0.15) is 4.31 Å². The molecule has 1 aromatic rings. The standard InChI is InChI=1S/C11H13NO4S/c13-9-10-2-1-3-11(8-10)17(14,15)12-4-6-16-7-5-12/h1-3,8-9H,4-7H2. The maximum absolute atomic E-state index is 12.2. The van der Waals surface area contributed by atoms with Gasteiger partial charge in [0.05, 0.1) is 18.1 Å². The summed E-state index contributed by atoms with van der Waals surface area (Å²) in [4.78, 5) is 10.8. The summed E-state index contributed by atoms with van der Waals surface area (Å²) in [7, 11) is -3.50. The van der Waals surface area contributed by atoms with Crippen LogP contribution in [-0.4, -0.2) is 45.3 Å². The predicted octanol–water partition coefficient (Wildman–Crippen LogP) is 0.520. The van der Waals surface area contributed by atoms with Gasteiger partial charge in [-0.05, 0) is 12.1 Å². The predicted molar refractivity (Wildman–Crippen MR) is 61.4 cm³/mol. The van der Waals surface area contributed by atoms with Gasteiger partial charge in [0.25, 0.3) is 0 Å². The van der Waals surface area contributed by atoms with Gasteiger partial charge in [-0.25, -0.2) is 8.42 Å². The van der Waals surface area contributed by atoms with Crippen molar-refractivity contribution in [2.75, 3.05) is 26.3 Å². The van der Waals surface area contributed by atoms with Gasteiger partial charge in [0.2, 0.25) is 10.0 Å². The Labute approximate surface area is 100 Å². The lowest BCUT2D eigenvalue weighted by Crippen LogP contribution is -2.40. The smallest absolute Gasteiger partial charge is 0.243 e. The average molecular weight is 255 g/mol. The van der Waals surface area contributed by atoms with Crippen LogP contribution in [0.25, 0.3) is 0 Å². The fourth-order valence-corrected chi connectivity index (χ4v) is 3.15. The molecular formula is C11H13NO4S. The lowest BCUT2D eigenvalue weighted by atomic mass is 10.2. The van der Waals surface area contributed by atoms with Crippen molar-refractivity contribution in [3.8, 4) is 0 Å². The maximum atomic E-state index is 12.2. The second kappa shape index (κ2) is 4.95. The van der Waals surface area contributed by atoms with Gasteiger partial charge in [0.1, 0.15) is 6.29 Å². The van der Waals surface area contributed by atoms with Gasteiger partial charge < -0.3 is 4.74 Å². The molecular weight excluding hydrogens is 242 g/mol. The van der Waals surface area contributed by atoms with Gasteiger partial charge in [-0.3, -0.25) is 4.79 Å². The van der Waals surface area contributed by atoms with E-state index in [1.165, 1.54) is 16.4 Å². The first-order valence-corrected chi connectivity index (χ1v) is 6.72. The number of aldehydes is 1. The van der Waals surface area contributed by atoms with E-state index in [0.717, 1.165) is 0 Å². The van der Waals surface area contributed by atoms with E-state index in [9.17, 15) is 13.2 Å². The van der Waals surface area contributed by atoms with Gasteiger partial charge >= 0.3 is 0 Å². The molecule has 0 spiro atoms. The van der Waals surface area contributed by atoms with Crippen molar-refractivity contribution < 1.29 is 17.9 Å². The van der Waals surface area contributed by atoms with Crippen molar-refractivity contribution in [3.63, 3.8) is 0 Å². The van der Waals surface area contributed by atoms with Crippen LogP contribution < -0.4 is 0 Å². The molecule has 0 atom stereocenters. The first-order valence-electron chi connectivity index (χ1n) is 5.28. The molecule has 0 radical (unpaired) electrons. The van der Waals surface area contributed by atoms with E-state index in [2.05, 4.69) is 0 Å². The number of sulfonamides is 1. The third-order valence-electron chi connectivity index (χ3n) is 2.60. The quantitative estimate of drug-likeness (QED) is 0.739. The average Bonchev–Trinajstić information content (AvgIpc) is 2.40. The lowest BCUT2D eigenvalue weighted by Gasteiger charge is -2.26. The zero-order valence-corrected chi connectivity index (χ0v) is 10.0. The highest BCUT2D eigenvalue weighted by molar-refractivity contribution is 7.89. The molecule has 0 bridgehead atoms. The van der Waals surface area contributed by atoms with Crippen LogP contribution in [0.15, 0.2) is 29.2 Å². The van der Waals surface area contributed by atoms with E-state index in [0.29, 0.717) is 38.2 Å². The van der Waals surface area contributed by atoms with E-state index < -0.39 is 10.0 Å². The van der Waals surface area contributed by atoms with E-state index in [1.807, 2.05) is 0 Å². The number of benzene rings is 1. The number of carbonyl (C=O) groups is 1. The Kier molecular flexibility index (Phi) is 3.56. The SMILES string of the molecule is O=Cc1cccc(S(=O)(=O)N2CCOCC2)c1. The molecule has 2 rings (SSSR count). The minimum absolute atomic E-state index is 0.156. The van der Waals surface area contributed by atoms with Crippen LogP contribution in [0, 0.1) is 0 Å². The molecule has 5 nitrogen and oxygen atoms in total. The van der Waals surface area contributed by atoms with Crippen LogP contribution in [0.4, 0.5) is 0 Å². The Morgan fingerprint density at radius 1 is 1.24 bits per heavy atom. The highest BCUT2D eigenvalue weighted by atomic mass is 32.2. The maximum Gasteiger partial charge on any atom is 0.243 e. The number of rotatable bonds is 3. The number of morpholine rings is 1. The third-order valence-corrected chi connectivity index (χ3v) is 4.50. The highest BCUT2D eigenvalue weighted by Gasteiger charge is 2.26. The normalized spacial score (nSPS) is 17.9. The molecule has 92 valence electrons. The van der Waals surface area contributed by atoms with Crippen LogP contribution in [-0.2, 0) is 14.8 Å². The topological polar surface area (TPSA) is 63.7 Å². The van der Waals surface area contributed by atoms with Crippen molar-refractivity contribution in [1.82, 2.24) is 4.31 Å². The summed E-state index contributed by atoms with van der Waals surface area (Å²) in [5.41, 5.74) is 0.360. The van der Waals surface area contributed by atoms with E-state index in [1.54, 1.807) is 12.1 Å². The first-order chi connectivity index (χ1) is 8.14. The zero-order valence-electron chi connectivity index (χ0n) is 9.20. The molecule has 0 N–H and O–H groups in total. The third kappa shape index (κ3) is 2.54. The van der Waals surface area contributed by atoms with Crippen molar-refractivity contribution in [1.29, 1.82) is 0 Å². The Balaban J connectivity index is 2.32. The molecule has 1 aromatic carbocycles. The Bertz CT molecular complexity index is 506. The summed E-state index contributed by atoms with van der Waals surface area (Å²) in [5.74, 6) is 0. The summed E-state index contributed by atoms with van der Waals surface area (Å²) in [6.45, 7) is 1.53. The summed E-state index contributed by atoms with van der Waals surface area (Å²) < 4.78 is 30.9. The summed E-state index contributed by atoms with van der Waals surface area (Å²) in [6, 6.07) is 6.03. The van der Waals surface area contributed by atoms with Crippen LogP contribution in [0.5, 0.6) is 0 Å². The largest absolute Gasteiger partial charge is 0.379 e. The zero-order chi connectivity index (χ0) is 12.3. The molecule has 0 aromatic heterocycles. The molecule has 1 aliphatic heterocycles. The van der Waals surface area contributed by atoms with E-state index in [4.69, 9.17) is 4.74 Å². The van der Waals surface area contributed by atoms with Crippen LogP contribution in [0.2, 0.25) is 0 Å². The number of hydrogen-bond donors (Lipinski definition) is 0. The second-order valence-electron chi connectivity index (χ2n) is 3.71. The van der Waals surface area contributed by atoms with Gasteiger partial charge in [0.15, 0.2) is 0 Å². The summed E-state index contributed by atoms with van der Waals surface area (Å²) in [6.07, 6.45) is 0.637. The fraction of sp³-hybridized carbons (Fsp3) is 0.364. The van der Waals surface area contributed by atoms with Gasteiger partial charge in [0, 0.05) is 18.7 Å². The van der Waals surface area contributed by atoms with Crippen molar-refractivity contribution in [2.45, 2.75) is 4.90 Å². The highest BCUT2D eigenvalue weighted by Crippen LogP contribution is 2.17. The van der Waals surface area contributed by atoms with E-state index >= 15 is 0 Å². The van der Waals surface area contributed by atoms with Gasteiger partial charge in [-0.1, -0.05) is 12.1 Å². The minimum Gasteiger partial charge on any atom is -0.379 e. The number of ether oxygens (including phenoxy) is 1. The molecule has 1 fully saturated rings. The molecule has 1 aliphatic rings. The molecule has 6 heteroatoms. The Morgan fingerprint density at radius 2 is 1.94 bits per heavy atom. The molecule has 0 aliphatic carbocycles. The van der Waals surface area contributed by atoms with Crippen molar-refractivity contribution >= 4 is 16.3 Å². The van der Waals surface area contributed by atoms with Crippen LogP contribution >= 0.6 is 0 Å². The van der Waals surface area contributed by atoms with Crippen LogP contribution in [0.3, 0.4) is 0 Å². The minimum atomic E-state index is -3.50. The Morgan fingerprint density at radius 3 is 2.59 bits per heavy atom. The summed E-state index contributed by atoms with van der Waals surface area (Å²) in [5, 5.41) is 0. The molecule has 0 unspecified atom stereocenters. The monoisotopic (exact) mass is 255 g/mol. The summed E-state index contributed by atoms with van der Waals surface area (Å²) >= 11 is 0. The molecule has 0 saturated carbocycles. The molecule has 0 amide bonds. The number of nitrogens with zero attached hydrogens (tertiary/aromatic N) is 1. The number of hydrogen-bond acceptors (Lipinski definition) is 4. The lowest BCUT2D eigenvalue weighted by molar-refractivity contribution is 0.0730. The fourth-order valence-electron chi connectivity index (χ4n) is 1.68. The Hall–Kier alpha value is -1.24.